The molecule has 2 aromatic carbocycles. The van der Waals surface area contributed by atoms with E-state index in [2.05, 4.69) is 10.3 Å². The van der Waals surface area contributed by atoms with Crippen molar-refractivity contribution in [3.05, 3.63) is 71.9 Å². The molecule has 112 valence electrons. The first-order valence-corrected chi connectivity index (χ1v) is 7.45. The number of amides is 1. The number of carbonyl (C=O) groups is 1. The summed E-state index contributed by atoms with van der Waals surface area (Å²) in [6.45, 7) is 6.01. The lowest BCUT2D eigenvalue weighted by Gasteiger charge is -2.06. The van der Waals surface area contributed by atoms with Crippen LogP contribution in [0.3, 0.4) is 0 Å². The number of aryl methyl sites for hydroxylation is 1. The molecule has 22 heavy (non-hydrogen) atoms. The summed E-state index contributed by atoms with van der Waals surface area (Å²) in [5, 5.41) is 3.91. The molecule has 3 aromatic rings. The average molecular weight is 292 g/mol. The zero-order chi connectivity index (χ0) is 15.9. The zero-order valence-electron chi connectivity index (χ0n) is 13.1. The second kappa shape index (κ2) is 7.36. The van der Waals surface area contributed by atoms with Gasteiger partial charge in [0.1, 0.15) is 0 Å². The first kappa shape index (κ1) is 15.7. The van der Waals surface area contributed by atoms with Gasteiger partial charge in [-0.25, -0.2) is 0 Å². The van der Waals surface area contributed by atoms with Crippen molar-refractivity contribution in [3.8, 4) is 0 Å². The summed E-state index contributed by atoms with van der Waals surface area (Å²) in [6.07, 6.45) is 1.73. The van der Waals surface area contributed by atoms with E-state index >= 15 is 0 Å². The fourth-order valence-corrected chi connectivity index (χ4v) is 2.05. The molecule has 0 aliphatic rings. The van der Waals surface area contributed by atoms with Crippen LogP contribution in [0.5, 0.6) is 0 Å². The van der Waals surface area contributed by atoms with Gasteiger partial charge in [-0.2, -0.15) is 0 Å². The largest absolute Gasteiger partial charge is 0.322 e. The molecule has 3 rings (SSSR count). The minimum absolute atomic E-state index is 0.124. The van der Waals surface area contributed by atoms with Gasteiger partial charge in [0.2, 0.25) is 0 Å². The van der Waals surface area contributed by atoms with Gasteiger partial charge in [-0.05, 0) is 37.3 Å². The van der Waals surface area contributed by atoms with E-state index in [9.17, 15) is 4.79 Å². The van der Waals surface area contributed by atoms with Crippen molar-refractivity contribution in [2.24, 2.45) is 0 Å². The quantitative estimate of drug-likeness (QED) is 0.735. The molecule has 0 saturated heterocycles. The Morgan fingerprint density at radius 1 is 1.00 bits per heavy atom. The molecular weight excluding hydrogens is 272 g/mol. The fourth-order valence-electron chi connectivity index (χ4n) is 2.05. The van der Waals surface area contributed by atoms with E-state index in [0.717, 1.165) is 22.2 Å². The van der Waals surface area contributed by atoms with E-state index < -0.39 is 0 Å². The van der Waals surface area contributed by atoms with Crippen molar-refractivity contribution in [1.82, 2.24) is 4.98 Å². The average Bonchev–Trinajstić information content (AvgIpc) is 2.58. The SMILES string of the molecule is CC.Cc1ccc(NC(=O)c2ccc3cccnc3c2)cc1. The van der Waals surface area contributed by atoms with Crippen molar-refractivity contribution < 1.29 is 4.79 Å². The molecule has 0 radical (unpaired) electrons. The summed E-state index contributed by atoms with van der Waals surface area (Å²) in [5.41, 5.74) is 3.39. The molecule has 0 saturated carbocycles. The van der Waals surface area contributed by atoms with Crippen LogP contribution in [-0.4, -0.2) is 10.9 Å². The Morgan fingerprint density at radius 2 is 1.73 bits per heavy atom. The van der Waals surface area contributed by atoms with Crippen molar-refractivity contribution in [1.29, 1.82) is 0 Å². The highest BCUT2D eigenvalue weighted by atomic mass is 16.1. The Kier molecular flexibility index (Phi) is 5.26. The smallest absolute Gasteiger partial charge is 0.255 e. The predicted octanol–water partition coefficient (Wildman–Crippen LogP) is 4.82. The molecule has 3 nitrogen and oxygen atoms in total. The van der Waals surface area contributed by atoms with Gasteiger partial charge >= 0.3 is 0 Å². The van der Waals surface area contributed by atoms with E-state index in [1.54, 1.807) is 12.3 Å². The highest BCUT2D eigenvalue weighted by Gasteiger charge is 2.07. The maximum Gasteiger partial charge on any atom is 0.255 e. The van der Waals surface area contributed by atoms with Crippen LogP contribution in [0, 0.1) is 6.92 Å². The first-order chi connectivity index (χ1) is 10.7. The van der Waals surface area contributed by atoms with Crippen molar-refractivity contribution >= 4 is 22.5 Å². The number of pyridine rings is 1. The van der Waals surface area contributed by atoms with Gasteiger partial charge in [0, 0.05) is 22.8 Å². The van der Waals surface area contributed by atoms with Crippen LogP contribution in [0.4, 0.5) is 5.69 Å². The number of rotatable bonds is 2. The summed E-state index contributed by atoms with van der Waals surface area (Å²) < 4.78 is 0. The van der Waals surface area contributed by atoms with E-state index in [-0.39, 0.29) is 5.91 Å². The molecule has 0 spiro atoms. The number of nitrogens with zero attached hydrogens (tertiary/aromatic N) is 1. The topological polar surface area (TPSA) is 42.0 Å². The molecule has 0 atom stereocenters. The van der Waals surface area contributed by atoms with E-state index in [0.29, 0.717) is 5.56 Å². The monoisotopic (exact) mass is 292 g/mol. The number of anilines is 1. The van der Waals surface area contributed by atoms with Gasteiger partial charge in [0.25, 0.3) is 5.91 Å². The van der Waals surface area contributed by atoms with Gasteiger partial charge in [-0.15, -0.1) is 0 Å². The van der Waals surface area contributed by atoms with Crippen LogP contribution in [0.25, 0.3) is 10.9 Å². The Labute approximate surface area is 131 Å². The number of aromatic nitrogens is 1. The standard InChI is InChI=1S/C17H14N2O.C2H6/c1-12-4-8-15(9-5-12)19-17(20)14-7-6-13-3-2-10-18-16(13)11-14;1-2/h2-11H,1H3,(H,19,20);1-2H3. The van der Waals surface area contributed by atoms with Crippen LogP contribution in [0.15, 0.2) is 60.8 Å². The van der Waals surface area contributed by atoms with Crippen LogP contribution >= 0.6 is 0 Å². The second-order valence-electron chi connectivity index (χ2n) is 4.73. The number of hydrogen-bond donors (Lipinski definition) is 1. The Balaban J connectivity index is 0.000000847. The van der Waals surface area contributed by atoms with Crippen LogP contribution in [-0.2, 0) is 0 Å². The van der Waals surface area contributed by atoms with Gasteiger partial charge in [-0.3, -0.25) is 9.78 Å². The molecule has 0 unspecified atom stereocenters. The lowest BCUT2D eigenvalue weighted by atomic mass is 10.1. The minimum atomic E-state index is -0.124. The maximum absolute atomic E-state index is 12.2. The van der Waals surface area contributed by atoms with Crippen LogP contribution in [0.1, 0.15) is 29.8 Å². The summed E-state index contributed by atoms with van der Waals surface area (Å²) in [7, 11) is 0. The van der Waals surface area contributed by atoms with E-state index in [1.807, 2.05) is 69.3 Å². The van der Waals surface area contributed by atoms with Crippen molar-refractivity contribution in [2.75, 3.05) is 5.32 Å². The zero-order valence-corrected chi connectivity index (χ0v) is 13.1. The van der Waals surface area contributed by atoms with E-state index in [4.69, 9.17) is 0 Å². The normalized spacial score (nSPS) is 9.77. The molecule has 1 heterocycles. The van der Waals surface area contributed by atoms with Gasteiger partial charge in [-0.1, -0.05) is 43.7 Å². The molecule has 1 N–H and O–H groups in total. The lowest BCUT2D eigenvalue weighted by Crippen LogP contribution is -2.11. The van der Waals surface area contributed by atoms with Crippen molar-refractivity contribution in [3.63, 3.8) is 0 Å². The van der Waals surface area contributed by atoms with Crippen LogP contribution in [0.2, 0.25) is 0 Å². The fraction of sp³-hybridized carbons (Fsp3) is 0.158. The highest BCUT2D eigenvalue weighted by Crippen LogP contribution is 2.15. The maximum atomic E-state index is 12.2. The third-order valence-corrected chi connectivity index (χ3v) is 3.18. The van der Waals surface area contributed by atoms with Crippen molar-refractivity contribution in [2.45, 2.75) is 20.8 Å². The number of carbonyl (C=O) groups excluding carboxylic acids is 1. The summed E-state index contributed by atoms with van der Waals surface area (Å²) in [4.78, 5) is 16.5. The molecule has 3 heteroatoms. The summed E-state index contributed by atoms with van der Waals surface area (Å²) >= 11 is 0. The molecular formula is C19H20N2O. The Morgan fingerprint density at radius 3 is 2.45 bits per heavy atom. The molecule has 0 fully saturated rings. The molecule has 1 aromatic heterocycles. The highest BCUT2D eigenvalue weighted by molar-refractivity contribution is 6.06. The van der Waals surface area contributed by atoms with Gasteiger partial charge in [0.15, 0.2) is 0 Å². The number of fused-ring (bicyclic) bond motifs is 1. The molecule has 0 aliphatic heterocycles. The predicted molar refractivity (Wildman–Crippen MR) is 92.2 cm³/mol. The van der Waals surface area contributed by atoms with Crippen LogP contribution < -0.4 is 5.32 Å². The Hall–Kier alpha value is -2.68. The second-order valence-corrected chi connectivity index (χ2v) is 4.73. The minimum Gasteiger partial charge on any atom is -0.322 e. The van der Waals surface area contributed by atoms with Gasteiger partial charge < -0.3 is 5.32 Å². The third kappa shape index (κ3) is 3.70. The number of hydrogen-bond acceptors (Lipinski definition) is 2. The van der Waals surface area contributed by atoms with Gasteiger partial charge in [0.05, 0.1) is 5.52 Å². The molecule has 0 aliphatic carbocycles. The third-order valence-electron chi connectivity index (χ3n) is 3.18. The first-order valence-electron chi connectivity index (χ1n) is 7.45. The number of nitrogens with one attached hydrogen (secondary N) is 1. The molecule has 0 bridgehead atoms. The summed E-state index contributed by atoms with van der Waals surface area (Å²) in [6, 6.07) is 17.1. The lowest BCUT2D eigenvalue weighted by molar-refractivity contribution is 0.102. The molecule has 1 amide bonds. The number of benzene rings is 2. The Bertz CT molecular complexity index is 764. The summed E-state index contributed by atoms with van der Waals surface area (Å²) in [5.74, 6) is -0.124. The van der Waals surface area contributed by atoms with E-state index in [1.165, 1.54) is 0 Å².